The number of ether oxygens (including phenoxy) is 7. The molecule has 1 spiro atoms. The number of hydrogen-bond acceptors (Lipinski definition) is 22. The lowest BCUT2D eigenvalue weighted by molar-refractivity contribution is -0.909. The highest BCUT2D eigenvalue weighted by Crippen LogP contribution is 2.57. The number of esters is 2. The minimum absolute atomic E-state index is 0.0124. The van der Waals surface area contributed by atoms with E-state index < -0.39 is 136 Å². The molecule has 105 heavy (non-hydrogen) atoms. The van der Waals surface area contributed by atoms with Crippen LogP contribution in [-0.4, -0.2) is 224 Å². The summed E-state index contributed by atoms with van der Waals surface area (Å²) < 4.78 is 76.4. The van der Waals surface area contributed by atoms with Crippen molar-refractivity contribution >= 4 is 51.3 Å². The van der Waals surface area contributed by atoms with Crippen LogP contribution in [0.5, 0.6) is 23.0 Å². The number of fused-ring (bicyclic) bond motifs is 9. The van der Waals surface area contributed by atoms with Crippen molar-refractivity contribution in [2.45, 2.75) is 185 Å². The number of methoxy groups -OCH3 is 3. The van der Waals surface area contributed by atoms with Gasteiger partial charge in [0.1, 0.15) is 41.2 Å². The van der Waals surface area contributed by atoms with E-state index in [0.717, 1.165) is 10.5 Å². The second-order valence-corrected chi connectivity index (χ2v) is 31.3. The molecule has 28 heteroatoms. The van der Waals surface area contributed by atoms with E-state index in [0.29, 0.717) is 116 Å². The van der Waals surface area contributed by atoms with Gasteiger partial charge in [-0.25, -0.2) is 9.59 Å². The Morgan fingerprint density at radius 2 is 1.45 bits per heavy atom. The van der Waals surface area contributed by atoms with Gasteiger partial charge in [0.2, 0.25) is 5.79 Å². The fourth-order valence-corrected chi connectivity index (χ4v) is 16.5. The first-order valence-corrected chi connectivity index (χ1v) is 38.1. The third kappa shape index (κ3) is 19.4. The van der Waals surface area contributed by atoms with Crippen LogP contribution in [0.15, 0.2) is 95.7 Å². The van der Waals surface area contributed by atoms with Gasteiger partial charge in [-0.3, -0.25) is 23.7 Å². The Hall–Kier alpha value is -7.64. The average Bonchev–Trinajstić information content (AvgIpc) is 1.58. The number of carbonyl (C=O) groups is 6. The van der Waals surface area contributed by atoms with Crippen LogP contribution in [-0.2, 0) is 68.2 Å². The molecular weight excluding hydrogens is 1380 g/mol. The van der Waals surface area contributed by atoms with Gasteiger partial charge >= 0.3 is 11.9 Å². The van der Waals surface area contributed by atoms with E-state index in [4.69, 9.17) is 38.0 Å². The number of phenols is 2. The van der Waals surface area contributed by atoms with Crippen LogP contribution in [0.2, 0.25) is 0 Å². The number of piperidine rings is 1. The van der Waals surface area contributed by atoms with Crippen LogP contribution in [0.4, 0.5) is 0 Å². The van der Waals surface area contributed by atoms with Crippen molar-refractivity contribution in [3.05, 3.63) is 118 Å². The van der Waals surface area contributed by atoms with E-state index in [-0.39, 0.29) is 91.3 Å². The number of quaternary nitrogens is 1. The number of carbonyl (C=O) groups excluding carboxylic acids is 6. The average molecular weight is 1490 g/mol. The minimum atomic E-state index is -4.29. The van der Waals surface area contributed by atoms with Gasteiger partial charge in [0.15, 0.2) is 12.2 Å². The summed E-state index contributed by atoms with van der Waals surface area (Å²) in [6.45, 7) is 14.2. The smallest absolute Gasteiger partial charge is 0.340 e. The number of amides is 3. The summed E-state index contributed by atoms with van der Waals surface area (Å²) in [4.78, 5) is 92.4. The number of cyclic esters (lactones) is 1. The minimum Gasteiger partial charge on any atom is -0.508 e. The molecule has 3 fully saturated rings. The van der Waals surface area contributed by atoms with Gasteiger partial charge in [-0.05, 0) is 132 Å². The highest BCUT2D eigenvalue weighted by Gasteiger charge is 2.58. The summed E-state index contributed by atoms with van der Waals surface area (Å²) in [5, 5.41) is 66.7. The van der Waals surface area contributed by atoms with Crippen LogP contribution in [0.25, 0.3) is 0 Å². The summed E-state index contributed by atoms with van der Waals surface area (Å²) >= 11 is 0. The molecule has 5 aliphatic heterocycles. The maximum absolute atomic E-state index is 14.9. The zero-order chi connectivity index (χ0) is 76.3. The number of aromatic hydroxyl groups is 2. The second kappa shape index (κ2) is 35.4. The lowest BCUT2D eigenvalue weighted by Crippen LogP contribution is -2.64. The zero-order valence-corrected chi connectivity index (χ0v) is 62.5. The Balaban J connectivity index is 0.899. The number of rotatable bonds is 23. The van der Waals surface area contributed by atoms with Gasteiger partial charge < -0.3 is 83.5 Å². The largest absolute Gasteiger partial charge is 0.508 e. The molecule has 0 aromatic heterocycles. The predicted molar refractivity (Wildman–Crippen MR) is 385 cm³/mol. The maximum Gasteiger partial charge on any atom is 0.340 e. The number of allylic oxidation sites excluding steroid dienone is 4. The second-order valence-electron chi connectivity index (χ2n) is 29.7. The van der Waals surface area contributed by atoms with Gasteiger partial charge in [-0.15, -0.1) is 6.58 Å². The van der Waals surface area contributed by atoms with Crippen molar-refractivity contribution < 1.29 is 110 Å². The predicted octanol–water partition coefficient (Wildman–Crippen LogP) is 7.47. The summed E-state index contributed by atoms with van der Waals surface area (Å²) in [5.41, 5.74) is 1.92. The lowest BCUT2D eigenvalue weighted by atomic mass is 9.77. The Bertz CT molecular complexity index is 3810. The van der Waals surface area contributed by atoms with E-state index >= 15 is 0 Å². The molecule has 9 rings (SSSR count). The van der Waals surface area contributed by atoms with E-state index in [1.807, 2.05) is 33.0 Å². The van der Waals surface area contributed by atoms with Crippen molar-refractivity contribution in [3.8, 4) is 23.0 Å². The molecule has 2 saturated heterocycles. The Labute approximate surface area is 614 Å². The van der Waals surface area contributed by atoms with Crippen molar-refractivity contribution in [1.82, 2.24) is 15.5 Å². The van der Waals surface area contributed by atoms with E-state index in [9.17, 15) is 67.3 Å². The van der Waals surface area contributed by atoms with Crippen LogP contribution in [0.3, 0.4) is 0 Å². The van der Waals surface area contributed by atoms with Gasteiger partial charge in [0.05, 0.1) is 74.2 Å². The number of phenolic OH excluding ortho intramolecular Hbond substituents is 2. The molecular formula is C77H106N5O22S+. The first-order chi connectivity index (χ1) is 49.8. The summed E-state index contributed by atoms with van der Waals surface area (Å²) in [5.74, 6) is -10.2. The van der Waals surface area contributed by atoms with Crippen molar-refractivity contribution in [3.63, 3.8) is 0 Å². The molecule has 27 nitrogen and oxygen atoms in total. The topological polar surface area (TPSA) is 371 Å². The molecule has 3 aromatic rings. The van der Waals surface area contributed by atoms with Crippen LogP contribution >= 0.6 is 0 Å². The molecule has 15 atom stereocenters. The number of aliphatic hydroxyl groups is 3. The number of aliphatic hydroxyl groups excluding tert-OH is 2. The molecule has 576 valence electrons. The quantitative estimate of drug-likeness (QED) is 0.00867. The van der Waals surface area contributed by atoms with Gasteiger partial charge in [-0.2, -0.15) is 8.42 Å². The summed E-state index contributed by atoms with van der Waals surface area (Å²) in [7, 11) is 2.16. The highest BCUT2D eigenvalue weighted by molar-refractivity contribution is 7.85. The molecule has 2 bridgehead atoms. The molecule has 6 aliphatic rings. The third-order valence-corrected chi connectivity index (χ3v) is 22.6. The van der Waals surface area contributed by atoms with Crippen molar-refractivity contribution in [2.75, 3.05) is 80.0 Å². The normalized spacial score (nSPS) is 29.8. The van der Waals surface area contributed by atoms with Gasteiger partial charge in [0, 0.05) is 119 Å². The van der Waals surface area contributed by atoms with Gasteiger partial charge in [0.25, 0.3) is 33.6 Å². The number of ketones is 1. The molecule has 3 amide bonds. The van der Waals surface area contributed by atoms with E-state index in [1.54, 1.807) is 51.1 Å². The summed E-state index contributed by atoms with van der Waals surface area (Å²) in [6.07, 6.45) is 4.56. The van der Waals surface area contributed by atoms with E-state index in [1.165, 1.54) is 51.7 Å². The van der Waals surface area contributed by atoms with Crippen molar-refractivity contribution in [1.29, 1.82) is 0 Å². The fraction of sp³-hybridized carbons (Fsp3) is 0.597. The lowest BCUT2D eigenvalue weighted by Gasteiger charge is -2.47. The molecule has 1 aliphatic carbocycles. The molecule has 1 saturated carbocycles. The molecule has 5 heterocycles. The van der Waals surface area contributed by atoms with Crippen molar-refractivity contribution in [2.24, 2.45) is 34.7 Å². The van der Waals surface area contributed by atoms with Gasteiger partial charge in [-0.1, -0.05) is 55.8 Å². The van der Waals surface area contributed by atoms with Crippen LogP contribution in [0.1, 0.15) is 162 Å². The number of Topliss-reactive ketones (excluding diaryl/α,β-unsaturated/α-hetero) is 1. The number of benzene rings is 3. The standard InChI is InChI=1S/C77H105N5O22S/c1-11-17-51-35-45(2)34-46(3)36-66(98-9)70-67(99-10)38-48(5)77(93,103-70)71(88)73(90)81-29-13-12-18-60(81)75(92)102-69(47(4)37-50-19-26-61(85)65(39-50)97-8)49(6)62(86)43-59(51)80-100-44-68(87)78-27-14-30-82(7,32-16-33-105(94,95)96)31-15-28-79-72(89)52-20-23-56-55(40-52)74(91)104-76(56)57-24-21-53(83)41-63(57)101-64-42-54(84)22-25-58(64)76/h11,20-25,35,37,40-42,46,48-51,60-62,65-67,69-70,85-86,93H,1,12-19,26-34,36,38-39,43-44H2,2-10H3,(H4-,78,79,83,84,87,89,94,95,96)/p+1/b45-35+,47-37+,80-59+/t46-,48+,49+,50-,51+,60-,61+,62-,65+,66-,67-,69+,70+,77+,82?/m0/s1. The first kappa shape index (κ1) is 81.4. The maximum atomic E-state index is 14.9. The Morgan fingerprint density at radius 3 is 2.10 bits per heavy atom. The molecule has 1 unspecified atom stereocenters. The monoisotopic (exact) mass is 1480 g/mol. The van der Waals surface area contributed by atoms with Crippen LogP contribution < -0.4 is 15.4 Å². The number of oxime groups is 1. The fourth-order valence-electron chi connectivity index (χ4n) is 16.0. The van der Waals surface area contributed by atoms with Crippen LogP contribution in [0, 0.1) is 29.6 Å². The van der Waals surface area contributed by atoms with E-state index in [2.05, 4.69) is 22.4 Å². The number of hydrogen-bond donors (Lipinski definition) is 8. The molecule has 8 N–H and O–H groups in total. The zero-order valence-electron chi connectivity index (χ0n) is 61.7. The third-order valence-electron chi connectivity index (χ3n) is 21.8. The Kier molecular flexibility index (Phi) is 27.4. The highest BCUT2D eigenvalue weighted by atomic mass is 32.2. The number of nitrogens with zero attached hydrogens (tertiary/aromatic N) is 3. The SMILES string of the molecule is C=CC[C@@H]1/C=C(\C)C[C@H](C)C[C@H](OC)[C@H]2O[C@@](O)(C(=O)C(=O)N3CCCC[C@H]3C(=O)O[C@H](/C(C)=C/[C@@H]3CC[C@@H](O)[C@H](OC)C3)[C@H](C)[C@@H](O)C/C1=N\OCC(=O)NCCC[N+](C)(CCCNC(=O)c1ccc3c(c1)C(=O)OC31c3ccc(O)cc3Oc3cc(O)ccc31)CCCS(=O)(=O)O)[C@H](C)C[C@@H]2OC. The summed E-state index contributed by atoms with van der Waals surface area (Å²) in [6, 6.07) is 12.2. The molecule has 0 radical (unpaired) electrons. The molecule has 3 aromatic carbocycles. The first-order valence-electron chi connectivity index (χ1n) is 36.5. The number of nitrogens with one attached hydrogen (secondary N) is 2. The Morgan fingerprint density at radius 1 is 0.810 bits per heavy atom.